The standard InChI is InChI=1S/C21H18F3N3O3/c1-13-11-14(2)27(25-13)9-10-28-20-18-12-16(5-8-19(18)30-26-20)15-3-6-17(7-4-15)29-21(22,23)24/h3-8,11-12H,9-10H2,1-2H3. The molecule has 0 saturated heterocycles. The largest absolute Gasteiger partial charge is 0.573 e. The van der Waals surface area contributed by atoms with Crippen molar-refractivity contribution in [3.63, 3.8) is 0 Å². The van der Waals surface area contributed by atoms with E-state index in [1.807, 2.05) is 30.7 Å². The SMILES string of the molecule is Cc1cc(C)n(CCOc2noc3ccc(-c4ccc(OC(F)(F)F)cc4)cc23)n1. The molecule has 0 aliphatic heterocycles. The average Bonchev–Trinajstić information content (AvgIpc) is 3.23. The molecule has 9 heteroatoms. The molecule has 0 radical (unpaired) electrons. The van der Waals surface area contributed by atoms with E-state index in [1.54, 1.807) is 24.3 Å². The summed E-state index contributed by atoms with van der Waals surface area (Å²) >= 11 is 0. The average molecular weight is 417 g/mol. The maximum absolute atomic E-state index is 12.3. The molecule has 30 heavy (non-hydrogen) atoms. The first kappa shape index (κ1) is 19.8. The number of aromatic nitrogens is 3. The summed E-state index contributed by atoms with van der Waals surface area (Å²) in [7, 11) is 0. The number of ether oxygens (including phenoxy) is 2. The van der Waals surface area contributed by atoms with Crippen molar-refractivity contribution >= 4 is 11.0 Å². The number of halogens is 3. The molecule has 2 aromatic heterocycles. The van der Waals surface area contributed by atoms with Gasteiger partial charge in [0.2, 0.25) is 0 Å². The third kappa shape index (κ3) is 4.40. The van der Waals surface area contributed by atoms with Crippen LogP contribution in [-0.4, -0.2) is 27.9 Å². The molecule has 0 aliphatic rings. The zero-order chi connectivity index (χ0) is 21.3. The fourth-order valence-electron chi connectivity index (χ4n) is 3.18. The molecule has 0 aliphatic carbocycles. The number of hydrogen-bond acceptors (Lipinski definition) is 5. The lowest BCUT2D eigenvalue weighted by Crippen LogP contribution is -2.16. The number of nitrogens with zero attached hydrogens (tertiary/aromatic N) is 3. The summed E-state index contributed by atoms with van der Waals surface area (Å²) in [4.78, 5) is 0. The molecular weight excluding hydrogens is 399 g/mol. The zero-order valence-corrected chi connectivity index (χ0v) is 16.2. The third-order valence-electron chi connectivity index (χ3n) is 4.50. The van der Waals surface area contributed by atoms with Crippen molar-refractivity contribution in [3.05, 3.63) is 59.9 Å². The number of alkyl halides is 3. The number of benzene rings is 2. The highest BCUT2D eigenvalue weighted by Crippen LogP contribution is 2.31. The van der Waals surface area contributed by atoms with Crippen LogP contribution in [0.4, 0.5) is 13.2 Å². The van der Waals surface area contributed by atoms with E-state index in [0.29, 0.717) is 30.0 Å². The van der Waals surface area contributed by atoms with Gasteiger partial charge in [0.15, 0.2) is 5.58 Å². The fraction of sp³-hybridized carbons (Fsp3) is 0.238. The van der Waals surface area contributed by atoms with Gasteiger partial charge in [-0.1, -0.05) is 18.2 Å². The van der Waals surface area contributed by atoms with Crippen molar-refractivity contribution in [1.82, 2.24) is 14.9 Å². The van der Waals surface area contributed by atoms with E-state index in [2.05, 4.69) is 15.0 Å². The molecule has 6 nitrogen and oxygen atoms in total. The Balaban J connectivity index is 1.50. The summed E-state index contributed by atoms with van der Waals surface area (Å²) in [5, 5.41) is 9.04. The van der Waals surface area contributed by atoms with Gasteiger partial charge < -0.3 is 14.0 Å². The molecule has 4 rings (SSSR count). The van der Waals surface area contributed by atoms with Gasteiger partial charge in [0.05, 0.1) is 17.6 Å². The fourth-order valence-corrected chi connectivity index (χ4v) is 3.18. The minimum absolute atomic E-state index is 0.273. The lowest BCUT2D eigenvalue weighted by molar-refractivity contribution is -0.274. The van der Waals surface area contributed by atoms with E-state index in [0.717, 1.165) is 22.5 Å². The van der Waals surface area contributed by atoms with Gasteiger partial charge >= 0.3 is 6.36 Å². The van der Waals surface area contributed by atoms with E-state index in [-0.39, 0.29) is 5.75 Å². The van der Waals surface area contributed by atoms with E-state index >= 15 is 0 Å². The normalized spacial score (nSPS) is 11.8. The first-order valence-electron chi connectivity index (χ1n) is 9.18. The van der Waals surface area contributed by atoms with Crippen LogP contribution in [0.2, 0.25) is 0 Å². The Morgan fingerprint density at radius 1 is 1.00 bits per heavy atom. The molecule has 0 atom stereocenters. The molecule has 4 aromatic rings. The van der Waals surface area contributed by atoms with Crippen molar-refractivity contribution in [3.8, 4) is 22.8 Å². The van der Waals surface area contributed by atoms with Crippen molar-refractivity contribution in [2.75, 3.05) is 6.61 Å². The van der Waals surface area contributed by atoms with Crippen LogP contribution in [0.25, 0.3) is 22.1 Å². The lowest BCUT2D eigenvalue weighted by atomic mass is 10.0. The highest BCUT2D eigenvalue weighted by atomic mass is 19.4. The molecule has 0 saturated carbocycles. The van der Waals surface area contributed by atoms with Crippen LogP contribution in [-0.2, 0) is 6.54 Å². The minimum Gasteiger partial charge on any atom is -0.473 e. The summed E-state index contributed by atoms with van der Waals surface area (Å²) < 4.78 is 53.8. The van der Waals surface area contributed by atoms with Gasteiger partial charge in [-0.25, -0.2) is 0 Å². The third-order valence-corrected chi connectivity index (χ3v) is 4.50. The Hall–Kier alpha value is -3.49. The number of fused-ring (bicyclic) bond motifs is 1. The molecule has 0 unspecified atom stereocenters. The topological polar surface area (TPSA) is 62.3 Å². The zero-order valence-electron chi connectivity index (χ0n) is 16.2. The molecule has 2 aromatic carbocycles. The number of rotatable bonds is 6. The molecule has 0 N–H and O–H groups in total. The van der Waals surface area contributed by atoms with Gasteiger partial charge in [0, 0.05) is 5.69 Å². The first-order chi connectivity index (χ1) is 14.3. The Morgan fingerprint density at radius 3 is 2.40 bits per heavy atom. The quantitative estimate of drug-likeness (QED) is 0.427. The predicted molar refractivity (Wildman–Crippen MR) is 103 cm³/mol. The van der Waals surface area contributed by atoms with Crippen molar-refractivity contribution < 1.29 is 27.2 Å². The van der Waals surface area contributed by atoms with Crippen molar-refractivity contribution in [1.29, 1.82) is 0 Å². The van der Waals surface area contributed by atoms with E-state index in [9.17, 15) is 13.2 Å². The van der Waals surface area contributed by atoms with Crippen LogP contribution in [0.3, 0.4) is 0 Å². The maximum atomic E-state index is 12.3. The second kappa shape index (κ2) is 7.74. The van der Waals surface area contributed by atoms with Gasteiger partial charge in [-0.15, -0.1) is 13.2 Å². The number of hydrogen-bond donors (Lipinski definition) is 0. The first-order valence-corrected chi connectivity index (χ1v) is 9.18. The van der Waals surface area contributed by atoms with Crippen molar-refractivity contribution in [2.45, 2.75) is 26.8 Å². The van der Waals surface area contributed by atoms with Crippen LogP contribution in [0, 0.1) is 13.8 Å². The summed E-state index contributed by atoms with van der Waals surface area (Å²) in [6, 6.07) is 13.0. The van der Waals surface area contributed by atoms with Gasteiger partial charge in [0.1, 0.15) is 12.4 Å². The summed E-state index contributed by atoms with van der Waals surface area (Å²) in [6.45, 7) is 4.83. The maximum Gasteiger partial charge on any atom is 0.573 e. The van der Waals surface area contributed by atoms with Crippen LogP contribution in [0.15, 0.2) is 53.1 Å². The smallest absolute Gasteiger partial charge is 0.473 e. The second-order valence-corrected chi connectivity index (χ2v) is 6.77. The van der Waals surface area contributed by atoms with E-state index < -0.39 is 6.36 Å². The highest BCUT2D eigenvalue weighted by molar-refractivity contribution is 5.87. The van der Waals surface area contributed by atoms with Crippen LogP contribution < -0.4 is 9.47 Å². The highest BCUT2D eigenvalue weighted by Gasteiger charge is 2.31. The number of aryl methyl sites for hydroxylation is 2. The van der Waals surface area contributed by atoms with Gasteiger partial charge in [-0.3, -0.25) is 4.68 Å². The Kier molecular flexibility index (Phi) is 5.11. The molecule has 2 heterocycles. The lowest BCUT2D eigenvalue weighted by Gasteiger charge is -2.09. The minimum atomic E-state index is -4.72. The van der Waals surface area contributed by atoms with Crippen LogP contribution >= 0.6 is 0 Å². The van der Waals surface area contributed by atoms with E-state index in [4.69, 9.17) is 9.26 Å². The summed E-state index contributed by atoms with van der Waals surface area (Å²) in [5.41, 5.74) is 4.04. The monoisotopic (exact) mass is 417 g/mol. The predicted octanol–water partition coefficient (Wildman–Crippen LogP) is 5.29. The Labute approximate surface area is 169 Å². The molecule has 0 fully saturated rings. The molecule has 0 spiro atoms. The molecular formula is C21H18F3N3O3. The van der Waals surface area contributed by atoms with Crippen LogP contribution in [0.5, 0.6) is 11.6 Å². The van der Waals surface area contributed by atoms with E-state index in [1.165, 1.54) is 12.1 Å². The van der Waals surface area contributed by atoms with Crippen molar-refractivity contribution in [2.24, 2.45) is 0 Å². The summed E-state index contributed by atoms with van der Waals surface area (Å²) in [5.74, 6) is 0.0795. The van der Waals surface area contributed by atoms with Gasteiger partial charge in [0.25, 0.3) is 5.88 Å². The van der Waals surface area contributed by atoms with Crippen LogP contribution in [0.1, 0.15) is 11.4 Å². The second-order valence-electron chi connectivity index (χ2n) is 6.77. The summed E-state index contributed by atoms with van der Waals surface area (Å²) in [6.07, 6.45) is -4.72. The Bertz CT molecular complexity index is 1160. The molecule has 156 valence electrons. The Morgan fingerprint density at radius 2 is 1.73 bits per heavy atom. The van der Waals surface area contributed by atoms with Gasteiger partial charge in [-0.05, 0) is 60.5 Å². The molecule has 0 bridgehead atoms. The molecule has 0 amide bonds. The van der Waals surface area contributed by atoms with Gasteiger partial charge in [-0.2, -0.15) is 5.10 Å².